The van der Waals surface area contributed by atoms with Crippen molar-refractivity contribution >= 4 is 0 Å². The van der Waals surface area contributed by atoms with Gasteiger partial charge in [-0.1, -0.05) is 60.7 Å². The molecule has 1 unspecified atom stereocenters. The molecule has 3 rings (SSSR count). The summed E-state index contributed by atoms with van der Waals surface area (Å²) in [4.78, 5) is 0. The molecule has 0 amide bonds. The lowest BCUT2D eigenvalue weighted by atomic mass is 10.1. The van der Waals surface area contributed by atoms with Crippen molar-refractivity contribution < 1.29 is 9.47 Å². The van der Waals surface area contributed by atoms with Crippen LogP contribution in [0, 0.1) is 0 Å². The molecule has 2 atom stereocenters. The molecule has 0 spiro atoms. The molecule has 0 saturated carbocycles. The van der Waals surface area contributed by atoms with Crippen LogP contribution in [0.4, 0.5) is 0 Å². The fraction of sp³-hybridized carbons (Fsp3) is 0.400. The molecule has 122 valence electrons. The lowest BCUT2D eigenvalue weighted by molar-refractivity contribution is -0.189. The second-order valence-electron chi connectivity index (χ2n) is 5.95. The van der Waals surface area contributed by atoms with Crippen molar-refractivity contribution in [2.75, 3.05) is 13.2 Å². The molecule has 1 aliphatic rings. The first kappa shape index (κ1) is 16.2. The van der Waals surface area contributed by atoms with Gasteiger partial charge in [0.2, 0.25) is 0 Å². The van der Waals surface area contributed by atoms with Crippen LogP contribution in [0.1, 0.15) is 36.5 Å². The van der Waals surface area contributed by atoms with E-state index in [0.717, 1.165) is 32.5 Å². The summed E-state index contributed by atoms with van der Waals surface area (Å²) in [5, 5.41) is 3.51. The van der Waals surface area contributed by atoms with Crippen LogP contribution in [0.15, 0.2) is 60.7 Å². The van der Waals surface area contributed by atoms with Crippen molar-refractivity contribution in [1.82, 2.24) is 5.32 Å². The quantitative estimate of drug-likeness (QED) is 0.836. The molecule has 1 saturated heterocycles. The van der Waals surface area contributed by atoms with Crippen LogP contribution in [0.5, 0.6) is 0 Å². The second-order valence-corrected chi connectivity index (χ2v) is 5.95. The Balaban J connectivity index is 1.58. The summed E-state index contributed by atoms with van der Waals surface area (Å²) in [5.41, 5.74) is 2.48. The van der Waals surface area contributed by atoms with Gasteiger partial charge in [0.15, 0.2) is 6.29 Å². The highest BCUT2D eigenvalue weighted by atomic mass is 16.7. The van der Waals surface area contributed by atoms with E-state index in [1.807, 2.05) is 12.1 Å². The van der Waals surface area contributed by atoms with E-state index in [1.54, 1.807) is 0 Å². The first-order valence-electron chi connectivity index (χ1n) is 8.48. The maximum atomic E-state index is 6.23. The molecule has 0 aromatic heterocycles. The number of nitrogens with one attached hydrogen (secondary N) is 1. The first-order valence-corrected chi connectivity index (χ1v) is 8.48. The number of rotatable bonds is 7. The third-order valence-electron chi connectivity index (χ3n) is 4.13. The summed E-state index contributed by atoms with van der Waals surface area (Å²) < 4.78 is 12.0. The Hall–Kier alpha value is -1.68. The van der Waals surface area contributed by atoms with Crippen LogP contribution in [-0.2, 0) is 16.0 Å². The van der Waals surface area contributed by atoms with Gasteiger partial charge in [-0.15, -0.1) is 0 Å². The minimum atomic E-state index is -0.0764. The Morgan fingerprint density at radius 1 is 1.00 bits per heavy atom. The van der Waals surface area contributed by atoms with E-state index in [1.165, 1.54) is 17.5 Å². The van der Waals surface area contributed by atoms with Gasteiger partial charge in [-0.05, 0) is 30.4 Å². The molecule has 2 aromatic rings. The van der Waals surface area contributed by atoms with Crippen LogP contribution in [0.25, 0.3) is 0 Å². The van der Waals surface area contributed by atoms with E-state index in [-0.39, 0.29) is 12.4 Å². The first-order chi connectivity index (χ1) is 11.4. The standard InChI is InChI=1S/C20H25NO2/c1-3-9-17(10-4-1)15-21-16-19(18-11-5-2-6-12-18)23-20-13-7-8-14-22-20/h1-6,9-12,19-21H,7-8,13-16H2/t19-,20?/m0/s1. The topological polar surface area (TPSA) is 30.5 Å². The summed E-state index contributed by atoms with van der Waals surface area (Å²) in [5.74, 6) is 0. The average molecular weight is 311 g/mol. The summed E-state index contributed by atoms with van der Waals surface area (Å²) >= 11 is 0. The lowest BCUT2D eigenvalue weighted by Gasteiger charge is -2.28. The molecule has 0 bridgehead atoms. The number of hydrogen-bond acceptors (Lipinski definition) is 3. The van der Waals surface area contributed by atoms with Gasteiger partial charge in [-0.3, -0.25) is 0 Å². The molecule has 0 radical (unpaired) electrons. The maximum absolute atomic E-state index is 6.23. The molecule has 3 nitrogen and oxygen atoms in total. The molecule has 3 heteroatoms. The van der Waals surface area contributed by atoms with E-state index < -0.39 is 0 Å². The molecule has 0 aliphatic carbocycles. The molecule has 1 aliphatic heterocycles. The van der Waals surface area contributed by atoms with E-state index in [2.05, 4.69) is 53.8 Å². The second kappa shape index (κ2) is 8.82. The van der Waals surface area contributed by atoms with E-state index in [0.29, 0.717) is 0 Å². The molecule has 1 N–H and O–H groups in total. The monoisotopic (exact) mass is 311 g/mol. The van der Waals surface area contributed by atoms with E-state index >= 15 is 0 Å². The van der Waals surface area contributed by atoms with Gasteiger partial charge in [-0.25, -0.2) is 0 Å². The Morgan fingerprint density at radius 2 is 1.74 bits per heavy atom. The molecule has 2 aromatic carbocycles. The molecule has 1 heterocycles. The molecule has 1 fully saturated rings. The van der Waals surface area contributed by atoms with Crippen molar-refractivity contribution in [3.8, 4) is 0 Å². The van der Waals surface area contributed by atoms with Gasteiger partial charge < -0.3 is 14.8 Å². The number of benzene rings is 2. The largest absolute Gasteiger partial charge is 0.353 e. The van der Waals surface area contributed by atoms with E-state index in [4.69, 9.17) is 9.47 Å². The summed E-state index contributed by atoms with van der Waals surface area (Å²) in [6, 6.07) is 20.8. The Morgan fingerprint density at radius 3 is 2.43 bits per heavy atom. The highest BCUT2D eigenvalue weighted by Crippen LogP contribution is 2.23. The number of ether oxygens (including phenoxy) is 2. The third kappa shape index (κ3) is 5.17. The molecule has 23 heavy (non-hydrogen) atoms. The lowest BCUT2D eigenvalue weighted by Crippen LogP contribution is -2.30. The zero-order valence-electron chi connectivity index (χ0n) is 13.5. The fourth-order valence-electron chi connectivity index (χ4n) is 2.86. The van der Waals surface area contributed by atoms with Crippen LogP contribution >= 0.6 is 0 Å². The minimum absolute atomic E-state index is 0.0167. The predicted molar refractivity (Wildman–Crippen MR) is 92.0 cm³/mol. The maximum Gasteiger partial charge on any atom is 0.158 e. The highest BCUT2D eigenvalue weighted by Gasteiger charge is 2.20. The smallest absolute Gasteiger partial charge is 0.158 e. The van der Waals surface area contributed by atoms with Crippen molar-refractivity contribution in [2.24, 2.45) is 0 Å². The van der Waals surface area contributed by atoms with Crippen LogP contribution in [0.3, 0.4) is 0 Å². The third-order valence-corrected chi connectivity index (χ3v) is 4.13. The van der Waals surface area contributed by atoms with Crippen molar-refractivity contribution in [3.05, 3.63) is 71.8 Å². The average Bonchev–Trinajstić information content (AvgIpc) is 2.63. The predicted octanol–water partition coefficient (Wildman–Crippen LogP) is 4.06. The summed E-state index contributed by atoms with van der Waals surface area (Å²) in [6.07, 6.45) is 3.25. The van der Waals surface area contributed by atoms with Gasteiger partial charge >= 0.3 is 0 Å². The Labute approximate surface area is 138 Å². The van der Waals surface area contributed by atoms with Crippen LogP contribution in [0.2, 0.25) is 0 Å². The van der Waals surface area contributed by atoms with Gasteiger partial charge in [0.25, 0.3) is 0 Å². The minimum Gasteiger partial charge on any atom is -0.353 e. The Bertz CT molecular complexity index is 552. The zero-order chi connectivity index (χ0) is 15.7. The van der Waals surface area contributed by atoms with E-state index in [9.17, 15) is 0 Å². The normalized spacial score (nSPS) is 19.4. The van der Waals surface area contributed by atoms with Crippen LogP contribution in [-0.4, -0.2) is 19.4 Å². The van der Waals surface area contributed by atoms with Crippen molar-refractivity contribution in [2.45, 2.75) is 38.2 Å². The fourth-order valence-corrected chi connectivity index (χ4v) is 2.86. The zero-order valence-corrected chi connectivity index (χ0v) is 13.5. The van der Waals surface area contributed by atoms with Gasteiger partial charge in [0.1, 0.15) is 0 Å². The summed E-state index contributed by atoms with van der Waals surface area (Å²) in [6.45, 7) is 2.43. The summed E-state index contributed by atoms with van der Waals surface area (Å²) in [7, 11) is 0. The van der Waals surface area contributed by atoms with Crippen LogP contribution < -0.4 is 5.32 Å². The van der Waals surface area contributed by atoms with Crippen molar-refractivity contribution in [3.63, 3.8) is 0 Å². The molecular formula is C20H25NO2. The number of hydrogen-bond donors (Lipinski definition) is 1. The van der Waals surface area contributed by atoms with Crippen molar-refractivity contribution in [1.29, 1.82) is 0 Å². The van der Waals surface area contributed by atoms with Gasteiger partial charge in [0, 0.05) is 19.7 Å². The van der Waals surface area contributed by atoms with Gasteiger partial charge in [-0.2, -0.15) is 0 Å². The Kier molecular flexibility index (Phi) is 6.21. The molecular weight excluding hydrogens is 286 g/mol. The van der Waals surface area contributed by atoms with Gasteiger partial charge in [0.05, 0.1) is 6.10 Å². The highest BCUT2D eigenvalue weighted by molar-refractivity contribution is 5.18. The SMILES string of the molecule is c1ccc(CNC[C@H](OC2CCCCO2)c2ccccc2)cc1.